The number of hydrogen-bond donors (Lipinski definition) is 1. The van der Waals surface area contributed by atoms with Gasteiger partial charge in [-0.3, -0.25) is 0 Å². The Morgan fingerprint density at radius 3 is 1.76 bits per heavy atom. The van der Waals surface area contributed by atoms with E-state index in [-0.39, 0.29) is 16.9 Å². The van der Waals surface area contributed by atoms with Crippen molar-refractivity contribution in [3.8, 4) is 0 Å². The minimum atomic E-state index is -0.374. The smallest absolute Gasteiger partial charge is 0.0790 e. The van der Waals surface area contributed by atoms with Crippen LogP contribution in [0, 0.1) is 5.41 Å². The van der Waals surface area contributed by atoms with Crippen LogP contribution >= 0.6 is 0 Å². The van der Waals surface area contributed by atoms with E-state index in [1.165, 1.54) is 29.5 Å². The van der Waals surface area contributed by atoms with Crippen LogP contribution in [0.1, 0.15) is 95.1 Å². The van der Waals surface area contributed by atoms with Crippen molar-refractivity contribution < 1.29 is 5.11 Å². The van der Waals surface area contributed by atoms with Crippen molar-refractivity contribution in [1.29, 1.82) is 0 Å². The molecule has 0 aliphatic carbocycles. The van der Waals surface area contributed by atoms with Gasteiger partial charge in [0.25, 0.3) is 0 Å². The second kappa shape index (κ2) is 11.5. The maximum Gasteiger partial charge on any atom is 0.0790 e. The first kappa shape index (κ1) is 27.6. The van der Waals surface area contributed by atoms with Gasteiger partial charge in [-0.2, -0.15) is 0 Å². The van der Waals surface area contributed by atoms with Gasteiger partial charge in [0.05, 0.1) is 6.10 Å². The van der Waals surface area contributed by atoms with Gasteiger partial charge in [-0.15, -0.1) is 0 Å². The SMILES string of the molecule is CC1(CC(C)(c2ccccc2)c2ccccc2)CCN(CCCC(O)c2ccc(C(C)(C)C)cc2)CC1. The van der Waals surface area contributed by atoms with Crippen molar-refractivity contribution in [2.45, 2.75) is 83.7 Å². The zero-order valence-electron chi connectivity index (χ0n) is 23.7. The fourth-order valence-electron chi connectivity index (χ4n) is 6.21. The van der Waals surface area contributed by atoms with E-state index in [1.54, 1.807) is 0 Å². The molecule has 3 aromatic rings. The van der Waals surface area contributed by atoms with E-state index in [9.17, 15) is 5.11 Å². The van der Waals surface area contributed by atoms with Gasteiger partial charge in [0.1, 0.15) is 0 Å². The maximum atomic E-state index is 10.8. The Balaban J connectivity index is 1.31. The third kappa shape index (κ3) is 6.92. The molecule has 1 unspecified atom stereocenters. The quantitative estimate of drug-likeness (QED) is 0.321. The van der Waals surface area contributed by atoms with Gasteiger partial charge in [0, 0.05) is 5.41 Å². The summed E-state index contributed by atoms with van der Waals surface area (Å²) in [5.41, 5.74) is 5.64. The van der Waals surface area contributed by atoms with Gasteiger partial charge in [-0.1, -0.05) is 120 Å². The lowest BCUT2D eigenvalue weighted by atomic mass is 9.63. The Kier molecular flexibility index (Phi) is 8.61. The zero-order valence-corrected chi connectivity index (χ0v) is 23.7. The molecule has 0 radical (unpaired) electrons. The molecule has 37 heavy (non-hydrogen) atoms. The molecule has 1 atom stereocenters. The number of aliphatic hydroxyl groups is 1. The number of hydrogen-bond acceptors (Lipinski definition) is 2. The minimum absolute atomic E-state index is 0.00604. The first-order valence-electron chi connectivity index (χ1n) is 14.2. The van der Waals surface area contributed by atoms with Gasteiger partial charge in [0.2, 0.25) is 0 Å². The Labute approximate surface area is 225 Å². The van der Waals surface area contributed by atoms with E-state index < -0.39 is 0 Å². The van der Waals surface area contributed by atoms with Crippen molar-refractivity contribution in [3.63, 3.8) is 0 Å². The first-order chi connectivity index (χ1) is 17.6. The second-order valence-electron chi connectivity index (χ2n) is 12.9. The molecule has 198 valence electrons. The highest BCUT2D eigenvalue weighted by molar-refractivity contribution is 5.38. The summed E-state index contributed by atoms with van der Waals surface area (Å²) in [6, 6.07) is 30.7. The minimum Gasteiger partial charge on any atom is -0.388 e. The first-order valence-corrected chi connectivity index (χ1v) is 14.2. The number of piperidine rings is 1. The monoisotopic (exact) mass is 497 g/mol. The van der Waals surface area contributed by atoms with Crippen LogP contribution in [-0.2, 0) is 10.8 Å². The number of aliphatic hydroxyl groups excluding tert-OH is 1. The normalized spacial score (nSPS) is 17.5. The molecule has 1 saturated heterocycles. The topological polar surface area (TPSA) is 23.5 Å². The third-order valence-corrected chi connectivity index (χ3v) is 8.78. The summed E-state index contributed by atoms with van der Waals surface area (Å²) in [5.74, 6) is 0. The van der Waals surface area contributed by atoms with Crippen LogP contribution in [0.25, 0.3) is 0 Å². The molecule has 0 amide bonds. The third-order valence-electron chi connectivity index (χ3n) is 8.78. The average Bonchev–Trinajstić information content (AvgIpc) is 2.90. The largest absolute Gasteiger partial charge is 0.388 e. The van der Waals surface area contributed by atoms with Crippen LogP contribution in [0.2, 0.25) is 0 Å². The highest BCUT2D eigenvalue weighted by atomic mass is 16.3. The highest BCUT2D eigenvalue weighted by Crippen LogP contribution is 2.46. The Bertz CT molecular complexity index is 1050. The number of nitrogens with zero attached hydrogens (tertiary/aromatic N) is 1. The van der Waals surface area contributed by atoms with Crippen molar-refractivity contribution in [1.82, 2.24) is 4.90 Å². The van der Waals surface area contributed by atoms with Crippen LogP contribution in [0.4, 0.5) is 0 Å². The van der Waals surface area contributed by atoms with Gasteiger partial charge >= 0.3 is 0 Å². The molecular weight excluding hydrogens is 450 g/mol. The number of likely N-dealkylation sites (tertiary alicyclic amines) is 1. The van der Waals surface area contributed by atoms with E-state index in [0.717, 1.165) is 44.5 Å². The molecule has 2 nitrogen and oxygen atoms in total. The van der Waals surface area contributed by atoms with Gasteiger partial charge < -0.3 is 10.0 Å². The molecule has 3 aromatic carbocycles. The van der Waals surface area contributed by atoms with Crippen molar-refractivity contribution in [2.75, 3.05) is 19.6 Å². The average molecular weight is 498 g/mol. The van der Waals surface area contributed by atoms with E-state index in [2.05, 4.69) is 124 Å². The van der Waals surface area contributed by atoms with Crippen molar-refractivity contribution in [2.24, 2.45) is 5.41 Å². The van der Waals surface area contributed by atoms with Gasteiger partial charge in [-0.05, 0) is 84.8 Å². The van der Waals surface area contributed by atoms with Crippen molar-refractivity contribution in [3.05, 3.63) is 107 Å². The van der Waals surface area contributed by atoms with E-state index in [1.807, 2.05) is 0 Å². The highest BCUT2D eigenvalue weighted by Gasteiger charge is 2.39. The summed E-state index contributed by atoms with van der Waals surface area (Å²) < 4.78 is 0. The molecule has 1 aliphatic rings. The molecule has 0 aromatic heterocycles. The zero-order chi connectivity index (χ0) is 26.5. The van der Waals surface area contributed by atoms with E-state index in [0.29, 0.717) is 5.41 Å². The maximum absolute atomic E-state index is 10.8. The lowest BCUT2D eigenvalue weighted by Crippen LogP contribution is -2.42. The van der Waals surface area contributed by atoms with Crippen LogP contribution in [-0.4, -0.2) is 29.6 Å². The molecule has 0 spiro atoms. The van der Waals surface area contributed by atoms with Crippen LogP contribution < -0.4 is 0 Å². The van der Waals surface area contributed by atoms with Crippen LogP contribution in [0.3, 0.4) is 0 Å². The molecule has 0 saturated carbocycles. The predicted molar refractivity (Wildman–Crippen MR) is 157 cm³/mol. The summed E-state index contributed by atoms with van der Waals surface area (Å²) in [6.07, 6.45) is 5.08. The lowest BCUT2D eigenvalue weighted by molar-refractivity contribution is 0.0884. The van der Waals surface area contributed by atoms with Crippen LogP contribution in [0.5, 0.6) is 0 Å². The fourth-order valence-corrected chi connectivity index (χ4v) is 6.21. The predicted octanol–water partition coefficient (Wildman–Crippen LogP) is 8.30. The molecule has 1 heterocycles. The Hall–Kier alpha value is -2.42. The lowest BCUT2D eigenvalue weighted by Gasteiger charge is -2.45. The summed E-state index contributed by atoms with van der Waals surface area (Å²) in [5, 5.41) is 10.8. The summed E-state index contributed by atoms with van der Waals surface area (Å²) in [4.78, 5) is 2.61. The fraction of sp³-hybridized carbons (Fsp3) is 0.486. The van der Waals surface area contributed by atoms with Gasteiger partial charge in [0.15, 0.2) is 0 Å². The van der Waals surface area contributed by atoms with Crippen LogP contribution in [0.15, 0.2) is 84.9 Å². The Morgan fingerprint density at radius 1 is 0.757 bits per heavy atom. The molecule has 1 aliphatic heterocycles. The molecular formula is C35H47NO. The molecule has 2 heteroatoms. The molecule has 1 fully saturated rings. The number of rotatable bonds is 9. The van der Waals surface area contributed by atoms with Gasteiger partial charge in [-0.25, -0.2) is 0 Å². The van der Waals surface area contributed by atoms with E-state index in [4.69, 9.17) is 0 Å². The van der Waals surface area contributed by atoms with Crippen molar-refractivity contribution >= 4 is 0 Å². The molecule has 1 N–H and O–H groups in total. The summed E-state index contributed by atoms with van der Waals surface area (Å²) in [6.45, 7) is 15.0. The Morgan fingerprint density at radius 2 is 1.27 bits per heavy atom. The molecule has 0 bridgehead atoms. The summed E-state index contributed by atoms with van der Waals surface area (Å²) in [7, 11) is 0. The standard InChI is InChI=1S/C35H47NO/c1-33(2,3)29-20-18-28(19-21-29)32(37)17-12-24-36-25-22-34(4,23-26-36)27-35(5,30-13-8-6-9-14-30)31-15-10-7-11-16-31/h6-11,13-16,18-21,32,37H,12,17,22-27H2,1-5H3. The van der Waals surface area contributed by atoms with E-state index >= 15 is 0 Å². The summed E-state index contributed by atoms with van der Waals surface area (Å²) >= 11 is 0. The second-order valence-corrected chi connectivity index (χ2v) is 12.9. The number of benzene rings is 3. The molecule has 4 rings (SSSR count).